The second kappa shape index (κ2) is 13.8. The summed E-state index contributed by atoms with van der Waals surface area (Å²) in [5, 5.41) is 3.40. The Bertz CT molecular complexity index is 926. The average Bonchev–Trinajstić information content (AvgIpc) is 2.77. The van der Waals surface area contributed by atoms with Gasteiger partial charge in [-0.3, -0.25) is 25.8 Å². The Morgan fingerprint density at radius 2 is 1.69 bits per heavy atom. The lowest BCUT2D eigenvalue weighted by Crippen LogP contribution is -2.48. The molecule has 10 heteroatoms. The summed E-state index contributed by atoms with van der Waals surface area (Å²) in [5.41, 5.74) is 5.35. The quantitative estimate of drug-likeness (QED) is 0.251. The SMILES string of the molecule is CCCCOc1ccc(C(=O)NC(=S)NNC(=O)CCCOc2ccc(Cl)cc2Cl)cc1. The first-order valence-electron chi connectivity index (χ1n) is 10.1. The number of amides is 2. The Labute approximate surface area is 202 Å². The van der Waals surface area contributed by atoms with Crippen molar-refractivity contribution in [2.24, 2.45) is 0 Å². The summed E-state index contributed by atoms with van der Waals surface area (Å²) in [6.07, 6.45) is 2.66. The van der Waals surface area contributed by atoms with Crippen LogP contribution < -0.4 is 25.6 Å². The zero-order valence-electron chi connectivity index (χ0n) is 17.6. The molecule has 0 saturated carbocycles. The van der Waals surface area contributed by atoms with Crippen molar-refractivity contribution >= 4 is 52.3 Å². The lowest BCUT2D eigenvalue weighted by molar-refractivity contribution is -0.121. The molecule has 3 N–H and O–H groups in total. The van der Waals surface area contributed by atoms with Crippen LogP contribution in [0, 0.1) is 0 Å². The van der Waals surface area contributed by atoms with Gasteiger partial charge in [-0.25, -0.2) is 0 Å². The summed E-state index contributed by atoms with van der Waals surface area (Å²) < 4.78 is 11.1. The zero-order chi connectivity index (χ0) is 23.3. The minimum atomic E-state index is -0.398. The topological polar surface area (TPSA) is 88.7 Å². The van der Waals surface area contributed by atoms with Crippen LogP contribution in [0.4, 0.5) is 0 Å². The van der Waals surface area contributed by atoms with Crippen LogP contribution in [-0.4, -0.2) is 30.1 Å². The van der Waals surface area contributed by atoms with Crippen LogP contribution in [0.3, 0.4) is 0 Å². The fourth-order valence-corrected chi connectivity index (χ4v) is 3.05. The van der Waals surface area contributed by atoms with Gasteiger partial charge < -0.3 is 9.47 Å². The van der Waals surface area contributed by atoms with E-state index in [2.05, 4.69) is 23.1 Å². The highest BCUT2D eigenvalue weighted by atomic mass is 35.5. The van der Waals surface area contributed by atoms with Gasteiger partial charge in [0.25, 0.3) is 5.91 Å². The zero-order valence-corrected chi connectivity index (χ0v) is 19.9. The lowest BCUT2D eigenvalue weighted by atomic mass is 10.2. The van der Waals surface area contributed by atoms with E-state index in [1.54, 1.807) is 42.5 Å². The predicted molar refractivity (Wildman–Crippen MR) is 129 cm³/mol. The first-order chi connectivity index (χ1) is 15.4. The number of thiocarbonyl (C=S) groups is 1. The van der Waals surface area contributed by atoms with E-state index >= 15 is 0 Å². The summed E-state index contributed by atoms with van der Waals surface area (Å²) in [6.45, 7) is 3.02. The Morgan fingerprint density at radius 1 is 0.969 bits per heavy atom. The number of ether oxygens (including phenoxy) is 2. The molecule has 2 amide bonds. The number of carbonyl (C=O) groups excluding carboxylic acids is 2. The summed E-state index contributed by atoms with van der Waals surface area (Å²) in [7, 11) is 0. The summed E-state index contributed by atoms with van der Waals surface area (Å²) in [4.78, 5) is 24.2. The highest BCUT2D eigenvalue weighted by Crippen LogP contribution is 2.27. The van der Waals surface area contributed by atoms with Gasteiger partial charge >= 0.3 is 0 Å². The van der Waals surface area contributed by atoms with E-state index in [1.807, 2.05) is 0 Å². The van der Waals surface area contributed by atoms with Gasteiger partial charge in [-0.15, -0.1) is 0 Å². The molecule has 0 spiro atoms. The van der Waals surface area contributed by atoms with Crippen LogP contribution in [0.15, 0.2) is 42.5 Å². The third-order valence-corrected chi connectivity index (χ3v) is 4.86. The van der Waals surface area contributed by atoms with Crippen molar-refractivity contribution in [3.63, 3.8) is 0 Å². The Hall–Kier alpha value is -2.55. The molecule has 0 saturated heterocycles. The summed E-state index contributed by atoms with van der Waals surface area (Å²) in [5.74, 6) is 0.496. The highest BCUT2D eigenvalue weighted by Gasteiger charge is 2.09. The van der Waals surface area contributed by atoms with E-state index in [0.29, 0.717) is 46.7 Å². The number of hydrazine groups is 1. The number of halogens is 2. The molecule has 0 atom stereocenters. The van der Waals surface area contributed by atoms with Crippen LogP contribution in [-0.2, 0) is 4.79 Å². The first kappa shape index (κ1) is 25.7. The Morgan fingerprint density at radius 3 is 2.38 bits per heavy atom. The maximum absolute atomic E-state index is 12.2. The molecule has 0 heterocycles. The Kier molecular flexibility index (Phi) is 11.1. The summed E-state index contributed by atoms with van der Waals surface area (Å²) in [6, 6.07) is 11.7. The van der Waals surface area contributed by atoms with Crippen molar-refractivity contribution in [2.45, 2.75) is 32.6 Å². The molecule has 0 aromatic heterocycles. The third kappa shape index (κ3) is 9.30. The molecule has 0 bridgehead atoms. The van der Waals surface area contributed by atoms with Gasteiger partial charge in [-0.2, -0.15) is 0 Å². The van der Waals surface area contributed by atoms with Crippen molar-refractivity contribution in [3.8, 4) is 11.5 Å². The molecule has 2 rings (SSSR count). The van der Waals surface area contributed by atoms with Crippen molar-refractivity contribution < 1.29 is 19.1 Å². The van der Waals surface area contributed by atoms with E-state index in [9.17, 15) is 9.59 Å². The number of benzene rings is 2. The number of hydrogen-bond donors (Lipinski definition) is 3. The van der Waals surface area contributed by atoms with E-state index in [0.717, 1.165) is 12.8 Å². The van der Waals surface area contributed by atoms with E-state index in [-0.39, 0.29) is 17.4 Å². The lowest BCUT2D eigenvalue weighted by Gasteiger charge is -2.12. The molecule has 0 aliphatic carbocycles. The van der Waals surface area contributed by atoms with Crippen molar-refractivity contribution in [3.05, 3.63) is 58.1 Å². The van der Waals surface area contributed by atoms with Gasteiger partial charge in [0.1, 0.15) is 11.5 Å². The molecule has 2 aromatic rings. The van der Waals surface area contributed by atoms with E-state index in [1.165, 1.54) is 0 Å². The number of hydrogen-bond acceptors (Lipinski definition) is 5. The molecular formula is C22H25Cl2N3O4S. The third-order valence-electron chi connectivity index (χ3n) is 4.13. The number of unbranched alkanes of at least 4 members (excludes halogenated alkanes) is 1. The number of carbonyl (C=O) groups is 2. The second-order valence-corrected chi connectivity index (χ2v) is 7.96. The van der Waals surface area contributed by atoms with Crippen molar-refractivity contribution in [1.82, 2.24) is 16.2 Å². The molecular weight excluding hydrogens is 473 g/mol. The van der Waals surface area contributed by atoms with Gasteiger partial charge in [0.2, 0.25) is 5.91 Å². The maximum atomic E-state index is 12.2. The van der Waals surface area contributed by atoms with Crippen molar-refractivity contribution in [1.29, 1.82) is 0 Å². The number of nitrogens with one attached hydrogen (secondary N) is 3. The second-order valence-electron chi connectivity index (χ2n) is 6.71. The minimum Gasteiger partial charge on any atom is -0.494 e. The normalized spacial score (nSPS) is 10.2. The van der Waals surface area contributed by atoms with Crippen LogP contribution >= 0.6 is 35.4 Å². The first-order valence-corrected chi connectivity index (χ1v) is 11.3. The van der Waals surface area contributed by atoms with Gasteiger partial charge in [0.15, 0.2) is 5.11 Å². The fraction of sp³-hybridized carbons (Fsp3) is 0.318. The standard InChI is InChI=1S/C22H25Cl2N3O4S/c1-2-3-12-30-17-9-6-15(7-10-17)21(29)25-22(32)27-26-20(28)5-4-13-31-19-11-8-16(23)14-18(19)24/h6-11,14H,2-5,12-13H2,1H3,(H,26,28)(H2,25,27,29,32). The highest BCUT2D eigenvalue weighted by molar-refractivity contribution is 7.80. The monoisotopic (exact) mass is 497 g/mol. The number of rotatable bonds is 10. The molecule has 7 nitrogen and oxygen atoms in total. The van der Waals surface area contributed by atoms with Crippen LogP contribution in [0.2, 0.25) is 10.0 Å². The van der Waals surface area contributed by atoms with Gasteiger partial charge in [0, 0.05) is 17.0 Å². The van der Waals surface area contributed by atoms with Crippen LogP contribution in [0.1, 0.15) is 43.0 Å². The maximum Gasteiger partial charge on any atom is 0.257 e. The van der Waals surface area contributed by atoms with E-state index in [4.69, 9.17) is 44.9 Å². The van der Waals surface area contributed by atoms with Crippen LogP contribution in [0.25, 0.3) is 0 Å². The molecule has 0 unspecified atom stereocenters. The van der Waals surface area contributed by atoms with Gasteiger partial charge in [-0.1, -0.05) is 36.5 Å². The van der Waals surface area contributed by atoms with Gasteiger partial charge in [0.05, 0.1) is 18.2 Å². The predicted octanol–water partition coefficient (Wildman–Crippen LogP) is 4.67. The van der Waals surface area contributed by atoms with Crippen molar-refractivity contribution in [2.75, 3.05) is 13.2 Å². The summed E-state index contributed by atoms with van der Waals surface area (Å²) >= 11 is 16.9. The van der Waals surface area contributed by atoms with Gasteiger partial charge in [-0.05, 0) is 67.5 Å². The molecule has 0 fully saturated rings. The van der Waals surface area contributed by atoms with Crippen LogP contribution in [0.5, 0.6) is 11.5 Å². The molecule has 172 valence electrons. The molecule has 0 radical (unpaired) electrons. The Balaban J connectivity index is 1.64. The largest absolute Gasteiger partial charge is 0.494 e. The molecule has 0 aliphatic heterocycles. The van der Waals surface area contributed by atoms with E-state index < -0.39 is 5.91 Å². The molecule has 2 aromatic carbocycles. The fourth-order valence-electron chi connectivity index (χ4n) is 2.44. The average molecular weight is 498 g/mol. The molecule has 32 heavy (non-hydrogen) atoms. The smallest absolute Gasteiger partial charge is 0.257 e. The molecule has 0 aliphatic rings. The minimum absolute atomic E-state index is 0.0178.